The van der Waals surface area contributed by atoms with E-state index >= 15 is 0 Å². The molecule has 6 N–H and O–H groups in total. The molecule has 0 amide bonds. The highest BCUT2D eigenvalue weighted by Crippen LogP contribution is 2.19. The minimum atomic E-state index is -3.70. The number of H-pyrrole nitrogens is 1. The first-order valence-corrected chi connectivity index (χ1v) is 8.55. The maximum absolute atomic E-state index is 12.4. The van der Waals surface area contributed by atoms with E-state index in [0.29, 0.717) is 30.2 Å². The number of aliphatic imine (C=N–C) groups is 1. The summed E-state index contributed by atoms with van der Waals surface area (Å²) in [4.78, 5) is 18.2. The Balaban J connectivity index is 2.10. The quantitative estimate of drug-likeness (QED) is 0.316. The van der Waals surface area contributed by atoms with E-state index in [-0.39, 0.29) is 23.0 Å². The zero-order valence-corrected chi connectivity index (χ0v) is 13.3. The zero-order valence-electron chi connectivity index (χ0n) is 12.5. The van der Waals surface area contributed by atoms with E-state index in [1.54, 1.807) is 18.2 Å². The van der Waals surface area contributed by atoms with E-state index in [0.717, 1.165) is 0 Å². The molecule has 0 spiro atoms. The van der Waals surface area contributed by atoms with Crippen LogP contribution >= 0.6 is 0 Å². The molecule has 1 aromatic carbocycles. The topological polar surface area (TPSA) is 143 Å². The number of benzene rings is 1. The van der Waals surface area contributed by atoms with Crippen molar-refractivity contribution in [3.05, 3.63) is 40.8 Å². The van der Waals surface area contributed by atoms with Crippen molar-refractivity contribution in [1.82, 2.24) is 9.71 Å². The average molecular weight is 337 g/mol. The Bertz CT molecular complexity index is 869. The summed E-state index contributed by atoms with van der Waals surface area (Å²) in [5.41, 5.74) is 10.1. The highest BCUT2D eigenvalue weighted by Gasteiger charge is 2.17. The maximum atomic E-state index is 12.4. The number of guanidine groups is 1. The molecule has 1 aromatic heterocycles. The number of nitrogens with zero attached hydrogens (tertiary/aromatic N) is 1. The van der Waals surface area contributed by atoms with Gasteiger partial charge in [0.1, 0.15) is 0 Å². The highest BCUT2D eigenvalue weighted by atomic mass is 32.2. The van der Waals surface area contributed by atoms with Gasteiger partial charge in [0, 0.05) is 30.1 Å². The Labute approximate surface area is 133 Å². The fourth-order valence-electron chi connectivity index (χ4n) is 2.16. The van der Waals surface area contributed by atoms with E-state index in [4.69, 9.17) is 11.5 Å². The van der Waals surface area contributed by atoms with E-state index in [2.05, 4.69) is 14.7 Å². The fourth-order valence-corrected chi connectivity index (χ4v) is 3.45. The van der Waals surface area contributed by atoms with Crippen LogP contribution in [0.2, 0.25) is 0 Å². The van der Waals surface area contributed by atoms with E-state index in [1.165, 1.54) is 12.3 Å². The molecule has 23 heavy (non-hydrogen) atoms. The number of hydrogen-bond acceptors (Lipinski definition) is 4. The molecule has 0 radical (unpaired) electrons. The molecule has 0 fully saturated rings. The monoisotopic (exact) mass is 337 g/mol. The summed E-state index contributed by atoms with van der Waals surface area (Å²) >= 11 is 0. The molecule has 0 bridgehead atoms. The van der Waals surface area contributed by atoms with Crippen molar-refractivity contribution in [3.63, 3.8) is 0 Å². The first-order chi connectivity index (χ1) is 10.9. The average Bonchev–Trinajstić information content (AvgIpc) is 2.50. The van der Waals surface area contributed by atoms with Crippen molar-refractivity contribution in [2.45, 2.75) is 17.7 Å². The van der Waals surface area contributed by atoms with Crippen molar-refractivity contribution in [3.8, 4) is 0 Å². The van der Waals surface area contributed by atoms with Crippen LogP contribution in [0.5, 0.6) is 0 Å². The number of nitrogens with one attached hydrogen (secondary N) is 2. The van der Waals surface area contributed by atoms with Gasteiger partial charge in [0.05, 0.1) is 4.90 Å². The maximum Gasteiger partial charge on any atom is 0.255 e. The first kappa shape index (κ1) is 17.0. The number of fused-ring (bicyclic) bond motifs is 1. The molecule has 2 aromatic rings. The third kappa shape index (κ3) is 4.30. The summed E-state index contributed by atoms with van der Waals surface area (Å²) in [7, 11) is -3.70. The predicted molar refractivity (Wildman–Crippen MR) is 89.7 cm³/mol. The molecule has 0 aliphatic rings. The Hall–Kier alpha value is -2.39. The second-order valence-corrected chi connectivity index (χ2v) is 6.67. The molecule has 0 aliphatic heterocycles. The summed E-state index contributed by atoms with van der Waals surface area (Å²) in [6, 6.07) is 6.18. The Morgan fingerprint density at radius 3 is 2.70 bits per heavy atom. The van der Waals surface area contributed by atoms with Gasteiger partial charge in [-0.2, -0.15) is 0 Å². The largest absolute Gasteiger partial charge is 0.370 e. The second kappa shape index (κ2) is 7.25. The summed E-state index contributed by atoms with van der Waals surface area (Å²) < 4.78 is 27.3. The number of nitrogens with two attached hydrogens (primary N) is 2. The first-order valence-electron chi connectivity index (χ1n) is 7.07. The number of pyridine rings is 1. The van der Waals surface area contributed by atoms with Gasteiger partial charge in [0.25, 0.3) is 5.56 Å². The molecule has 0 saturated carbocycles. The molecule has 8 nitrogen and oxygen atoms in total. The molecule has 1 heterocycles. The lowest BCUT2D eigenvalue weighted by Crippen LogP contribution is -2.26. The van der Waals surface area contributed by atoms with E-state index in [1.807, 2.05) is 0 Å². The van der Waals surface area contributed by atoms with Crippen LogP contribution < -0.4 is 21.7 Å². The minimum Gasteiger partial charge on any atom is -0.370 e. The molecule has 0 atom stereocenters. The summed E-state index contributed by atoms with van der Waals surface area (Å²) in [5, 5.41) is 0.729. The zero-order chi connectivity index (χ0) is 16.9. The molecule has 0 unspecified atom stereocenters. The summed E-state index contributed by atoms with van der Waals surface area (Å²) in [5.74, 6) is 0.0200. The van der Waals surface area contributed by atoms with Crippen LogP contribution in [0.3, 0.4) is 0 Å². The standard InChI is InChI=1S/C14H19N5O3S/c15-14(16)18-7-1-2-8-19-23(21,22)12-5-3-4-11-10(12)6-9-17-13(11)20/h3-6,9,19H,1-2,7-8H2,(H,17,20)(H4,15,16,18). The molecule has 9 heteroatoms. The third-order valence-electron chi connectivity index (χ3n) is 3.24. The van der Waals surface area contributed by atoms with Crippen molar-refractivity contribution in [2.24, 2.45) is 16.5 Å². The molecule has 124 valence electrons. The molecule has 2 rings (SSSR count). The van der Waals surface area contributed by atoms with Crippen molar-refractivity contribution < 1.29 is 8.42 Å². The van der Waals surface area contributed by atoms with Gasteiger partial charge < -0.3 is 16.5 Å². The third-order valence-corrected chi connectivity index (χ3v) is 4.76. The van der Waals surface area contributed by atoms with Gasteiger partial charge in [-0.25, -0.2) is 13.1 Å². The van der Waals surface area contributed by atoms with Crippen molar-refractivity contribution in [2.75, 3.05) is 13.1 Å². The molecule has 0 saturated heterocycles. The predicted octanol–water partition coefficient (Wildman–Crippen LogP) is -0.140. The van der Waals surface area contributed by atoms with Crippen LogP contribution in [0, 0.1) is 0 Å². The van der Waals surface area contributed by atoms with Gasteiger partial charge in [0.2, 0.25) is 10.0 Å². The summed E-state index contributed by atoms with van der Waals surface area (Å²) in [6.07, 6.45) is 2.69. The fraction of sp³-hybridized carbons (Fsp3) is 0.286. The SMILES string of the molecule is NC(N)=NCCCCNS(=O)(=O)c1cccc2c(=O)[nH]ccc12. The molecular formula is C14H19N5O3S. The minimum absolute atomic E-state index is 0.0200. The molecule has 0 aliphatic carbocycles. The number of aromatic amines is 1. The van der Waals surface area contributed by atoms with Crippen LogP contribution in [0.25, 0.3) is 10.8 Å². The number of aromatic nitrogens is 1. The second-order valence-electron chi connectivity index (χ2n) is 4.94. The van der Waals surface area contributed by atoms with E-state index < -0.39 is 10.0 Å². The Morgan fingerprint density at radius 2 is 1.96 bits per heavy atom. The highest BCUT2D eigenvalue weighted by molar-refractivity contribution is 7.89. The lowest BCUT2D eigenvalue weighted by Gasteiger charge is -2.09. The van der Waals surface area contributed by atoms with Crippen molar-refractivity contribution >= 4 is 26.8 Å². The van der Waals surface area contributed by atoms with Crippen LogP contribution in [-0.2, 0) is 10.0 Å². The van der Waals surface area contributed by atoms with Gasteiger partial charge in [-0.3, -0.25) is 9.79 Å². The van der Waals surface area contributed by atoms with Gasteiger partial charge in [-0.05, 0) is 31.0 Å². The number of rotatable bonds is 7. The van der Waals surface area contributed by atoms with Gasteiger partial charge in [0.15, 0.2) is 5.96 Å². The number of hydrogen-bond donors (Lipinski definition) is 4. The van der Waals surface area contributed by atoms with Gasteiger partial charge in [-0.1, -0.05) is 6.07 Å². The van der Waals surface area contributed by atoms with Gasteiger partial charge >= 0.3 is 0 Å². The van der Waals surface area contributed by atoms with Crippen LogP contribution in [0.1, 0.15) is 12.8 Å². The molecular weight excluding hydrogens is 318 g/mol. The van der Waals surface area contributed by atoms with Crippen LogP contribution in [0.15, 0.2) is 45.1 Å². The lowest BCUT2D eigenvalue weighted by atomic mass is 10.2. The number of sulfonamides is 1. The van der Waals surface area contributed by atoms with Crippen LogP contribution in [0.4, 0.5) is 0 Å². The normalized spacial score (nSPS) is 11.5. The summed E-state index contributed by atoms with van der Waals surface area (Å²) in [6.45, 7) is 0.718. The van der Waals surface area contributed by atoms with Gasteiger partial charge in [-0.15, -0.1) is 0 Å². The van der Waals surface area contributed by atoms with E-state index in [9.17, 15) is 13.2 Å². The Kier molecular flexibility index (Phi) is 5.35. The van der Waals surface area contributed by atoms with Crippen molar-refractivity contribution in [1.29, 1.82) is 0 Å². The smallest absolute Gasteiger partial charge is 0.255 e. The number of unbranched alkanes of at least 4 members (excludes halogenated alkanes) is 1. The Morgan fingerprint density at radius 1 is 1.17 bits per heavy atom. The van der Waals surface area contributed by atoms with Crippen LogP contribution in [-0.4, -0.2) is 32.5 Å². The lowest BCUT2D eigenvalue weighted by molar-refractivity contribution is 0.578.